The van der Waals surface area contributed by atoms with Gasteiger partial charge in [-0.1, -0.05) is 48.5 Å². The molecule has 0 aromatic heterocycles. The topological polar surface area (TPSA) is 69.7 Å². The molecule has 5 nitrogen and oxygen atoms in total. The van der Waals surface area contributed by atoms with Gasteiger partial charge < -0.3 is 9.47 Å². The van der Waals surface area contributed by atoms with Gasteiger partial charge in [0.25, 0.3) is 0 Å². The number of hydrogen-bond donors (Lipinski definition) is 0. The summed E-state index contributed by atoms with van der Waals surface area (Å²) < 4.78 is 11.6. The van der Waals surface area contributed by atoms with Gasteiger partial charge in [0.05, 0.1) is 0 Å². The van der Waals surface area contributed by atoms with E-state index < -0.39 is 0 Å². The zero-order valence-electron chi connectivity index (χ0n) is 26.0. The number of carbonyl (C=O) groups is 3. The van der Waals surface area contributed by atoms with Crippen LogP contribution >= 0.6 is 0 Å². The molecule has 0 saturated heterocycles. The number of allylic oxidation sites excluding steroid dienone is 1. The van der Waals surface area contributed by atoms with Crippen molar-refractivity contribution in [3.05, 3.63) is 11.1 Å². The van der Waals surface area contributed by atoms with Gasteiger partial charge in [0.15, 0.2) is 5.78 Å². The van der Waals surface area contributed by atoms with Gasteiger partial charge in [0, 0.05) is 31.1 Å². The van der Waals surface area contributed by atoms with Gasteiger partial charge >= 0.3 is 11.9 Å². The number of hydrogen-bond acceptors (Lipinski definition) is 5. The van der Waals surface area contributed by atoms with E-state index in [0.29, 0.717) is 30.8 Å². The number of Topliss-reactive ketones (excluding diaryl/α,β-unsaturated/α-hetero) is 1. The van der Waals surface area contributed by atoms with E-state index >= 15 is 0 Å². The molecule has 5 rings (SSSR count). The molecule has 1 unspecified atom stereocenters. The quantitative estimate of drug-likeness (QED) is 0.346. The summed E-state index contributed by atoms with van der Waals surface area (Å²) in [4.78, 5) is 37.4. The largest absolute Gasteiger partial charge is 0.465 e. The summed E-state index contributed by atoms with van der Waals surface area (Å²) in [7, 11) is 0. The molecule has 0 aliphatic heterocycles. The van der Waals surface area contributed by atoms with Gasteiger partial charge in [-0.3, -0.25) is 14.4 Å². The lowest BCUT2D eigenvalue weighted by Gasteiger charge is -2.72. The highest BCUT2D eigenvalue weighted by Gasteiger charge is 2.70. The minimum Gasteiger partial charge on any atom is -0.465 e. The highest BCUT2D eigenvalue weighted by atomic mass is 16.5. The van der Waals surface area contributed by atoms with Crippen LogP contribution in [0.4, 0.5) is 0 Å². The standard InChI is InChI=1S/C34H52O5/c1-20(2)28-24(37)18-34(19-38-21(3)35)17-16-32(8)23(29(28)34)10-11-26-31(7)14-13-27(39-22(4)36)30(5,6)25(31)12-15-33(26,32)9/h20,23,25-27H,10-19H2,1-9H3/t23?,25-,26+,27-,31-,32+,33+,34-/m0/s1. The fourth-order valence-electron chi connectivity index (χ4n) is 11.5. The van der Waals surface area contributed by atoms with E-state index in [1.807, 2.05) is 0 Å². The molecule has 0 aromatic carbocycles. The zero-order valence-corrected chi connectivity index (χ0v) is 26.0. The molecule has 8 atom stereocenters. The van der Waals surface area contributed by atoms with E-state index in [1.165, 1.54) is 25.3 Å². The Morgan fingerprint density at radius 2 is 1.54 bits per heavy atom. The SMILES string of the molecule is CC(=O)OC[C@@]12CC[C@]3(C)C(CC[C@@H]4[C@@]5(C)CC[C@H](OC(C)=O)C(C)(C)[C@@H]5CC[C@]43C)C1=C(C(C)C)C(=O)C2. The summed E-state index contributed by atoms with van der Waals surface area (Å²) in [6.07, 6.45) is 9.15. The average Bonchev–Trinajstić information content (AvgIpc) is 3.12. The van der Waals surface area contributed by atoms with Crippen molar-refractivity contribution in [1.29, 1.82) is 0 Å². The Hall–Kier alpha value is -1.65. The van der Waals surface area contributed by atoms with Gasteiger partial charge in [-0.2, -0.15) is 0 Å². The molecule has 218 valence electrons. The number of carbonyl (C=O) groups excluding carboxylic acids is 3. The number of ketones is 1. The van der Waals surface area contributed by atoms with Gasteiger partial charge in [0.2, 0.25) is 0 Å². The van der Waals surface area contributed by atoms with Gasteiger partial charge in [-0.05, 0) is 102 Å². The normalized spacial score (nSPS) is 44.7. The van der Waals surface area contributed by atoms with Crippen LogP contribution in [-0.4, -0.2) is 30.4 Å². The predicted molar refractivity (Wildman–Crippen MR) is 152 cm³/mol. The van der Waals surface area contributed by atoms with Crippen molar-refractivity contribution in [1.82, 2.24) is 0 Å². The average molecular weight is 541 g/mol. The van der Waals surface area contributed by atoms with Crippen molar-refractivity contribution >= 4 is 17.7 Å². The lowest BCUT2D eigenvalue weighted by atomic mass is 9.33. The van der Waals surface area contributed by atoms with E-state index in [0.717, 1.165) is 44.1 Å². The van der Waals surface area contributed by atoms with Crippen LogP contribution in [0.2, 0.25) is 0 Å². The van der Waals surface area contributed by atoms with Crippen LogP contribution in [0.15, 0.2) is 11.1 Å². The predicted octanol–water partition coefficient (Wildman–Crippen LogP) is 7.46. The highest BCUT2D eigenvalue weighted by molar-refractivity contribution is 6.00. The summed E-state index contributed by atoms with van der Waals surface area (Å²) in [6.45, 7) is 20.1. The minimum atomic E-state index is -0.319. The highest BCUT2D eigenvalue weighted by Crippen LogP contribution is 2.76. The fraction of sp³-hybridized carbons (Fsp3) is 0.853. The first-order valence-corrected chi connectivity index (χ1v) is 15.6. The van der Waals surface area contributed by atoms with E-state index in [1.54, 1.807) is 6.92 Å². The lowest BCUT2D eigenvalue weighted by Crippen LogP contribution is -2.66. The Morgan fingerprint density at radius 1 is 0.846 bits per heavy atom. The van der Waals surface area contributed by atoms with Crippen molar-refractivity contribution in [2.75, 3.05) is 6.61 Å². The summed E-state index contributed by atoms with van der Waals surface area (Å²) in [5.74, 6) is 1.53. The zero-order chi connectivity index (χ0) is 28.8. The summed E-state index contributed by atoms with van der Waals surface area (Å²) >= 11 is 0. The van der Waals surface area contributed by atoms with Crippen LogP contribution in [0.25, 0.3) is 0 Å². The second-order valence-electron chi connectivity index (χ2n) is 15.7. The second kappa shape index (κ2) is 9.18. The van der Waals surface area contributed by atoms with Crippen LogP contribution in [-0.2, 0) is 23.9 Å². The third-order valence-electron chi connectivity index (χ3n) is 13.4. The fourth-order valence-corrected chi connectivity index (χ4v) is 11.5. The summed E-state index contributed by atoms with van der Waals surface area (Å²) in [6, 6.07) is 0. The molecule has 0 N–H and O–H groups in total. The van der Waals surface area contributed by atoms with Crippen LogP contribution in [0.3, 0.4) is 0 Å². The second-order valence-corrected chi connectivity index (χ2v) is 15.7. The summed E-state index contributed by atoms with van der Waals surface area (Å²) in [5, 5.41) is 0. The molecule has 0 heterocycles. The molecule has 4 fully saturated rings. The van der Waals surface area contributed by atoms with Crippen LogP contribution in [0, 0.1) is 50.7 Å². The minimum absolute atomic E-state index is 0.0100. The van der Waals surface area contributed by atoms with Gasteiger partial charge in [-0.25, -0.2) is 0 Å². The maximum absolute atomic E-state index is 13.6. The summed E-state index contributed by atoms with van der Waals surface area (Å²) in [5.41, 5.74) is 2.51. The Balaban J connectivity index is 1.54. The van der Waals surface area contributed by atoms with Crippen molar-refractivity contribution in [3.8, 4) is 0 Å². The molecule has 0 bridgehead atoms. The van der Waals surface area contributed by atoms with Gasteiger partial charge in [0.1, 0.15) is 12.7 Å². The lowest BCUT2D eigenvalue weighted by molar-refractivity contribution is -0.233. The van der Waals surface area contributed by atoms with Crippen molar-refractivity contribution in [2.24, 2.45) is 50.7 Å². The van der Waals surface area contributed by atoms with E-state index in [9.17, 15) is 14.4 Å². The van der Waals surface area contributed by atoms with Crippen molar-refractivity contribution < 1.29 is 23.9 Å². The molecule has 0 aromatic rings. The molecule has 5 heteroatoms. The maximum Gasteiger partial charge on any atom is 0.302 e. The Kier molecular flexibility index (Phi) is 6.79. The monoisotopic (exact) mass is 540 g/mol. The number of rotatable bonds is 4. The third kappa shape index (κ3) is 3.94. The molecule has 5 aliphatic rings. The van der Waals surface area contributed by atoms with E-state index in [4.69, 9.17) is 9.47 Å². The third-order valence-corrected chi connectivity index (χ3v) is 13.4. The number of esters is 2. The Morgan fingerprint density at radius 3 is 2.15 bits per heavy atom. The van der Waals surface area contributed by atoms with Crippen LogP contribution in [0.5, 0.6) is 0 Å². The first-order valence-electron chi connectivity index (χ1n) is 15.6. The molecule has 0 spiro atoms. The number of ether oxygens (including phenoxy) is 2. The first-order chi connectivity index (χ1) is 18.0. The molecule has 0 radical (unpaired) electrons. The molecule has 5 aliphatic carbocycles. The van der Waals surface area contributed by atoms with Gasteiger partial charge in [-0.15, -0.1) is 0 Å². The Labute approximate surface area is 236 Å². The van der Waals surface area contributed by atoms with E-state index in [2.05, 4.69) is 48.5 Å². The Bertz CT molecular complexity index is 1100. The van der Waals surface area contributed by atoms with Crippen LogP contribution < -0.4 is 0 Å². The molecular formula is C34H52O5. The van der Waals surface area contributed by atoms with Crippen molar-refractivity contribution in [3.63, 3.8) is 0 Å². The molecule has 0 amide bonds. The van der Waals surface area contributed by atoms with E-state index in [-0.39, 0.29) is 56.8 Å². The smallest absolute Gasteiger partial charge is 0.302 e. The first kappa shape index (κ1) is 28.9. The molecule has 4 saturated carbocycles. The molecule has 39 heavy (non-hydrogen) atoms. The number of fused-ring (bicyclic) bond motifs is 7. The maximum atomic E-state index is 13.6. The molecular weight excluding hydrogens is 488 g/mol. The van der Waals surface area contributed by atoms with Crippen LogP contribution in [0.1, 0.15) is 120 Å². The van der Waals surface area contributed by atoms with Crippen molar-refractivity contribution in [2.45, 2.75) is 126 Å².